The van der Waals surface area contributed by atoms with E-state index in [1.165, 1.54) is 0 Å². The van der Waals surface area contributed by atoms with Crippen molar-refractivity contribution in [1.29, 1.82) is 0 Å². The summed E-state index contributed by atoms with van der Waals surface area (Å²) in [4.78, 5) is 4.62. The van der Waals surface area contributed by atoms with Crippen molar-refractivity contribution in [1.82, 2.24) is 9.55 Å². The number of para-hydroxylation sites is 1. The van der Waals surface area contributed by atoms with Crippen molar-refractivity contribution in [3.05, 3.63) is 58.9 Å². The highest BCUT2D eigenvalue weighted by Gasteiger charge is 2.14. The zero-order valence-electron chi connectivity index (χ0n) is 12.0. The van der Waals surface area contributed by atoms with E-state index in [1.807, 2.05) is 37.3 Å². The van der Waals surface area contributed by atoms with E-state index in [4.69, 9.17) is 11.6 Å². The van der Waals surface area contributed by atoms with Crippen LogP contribution >= 0.6 is 11.6 Å². The van der Waals surface area contributed by atoms with E-state index in [-0.39, 0.29) is 5.75 Å². The van der Waals surface area contributed by atoms with Gasteiger partial charge in [0.05, 0.1) is 11.0 Å². The Bertz CT molecular complexity index is 846. The SMILES string of the molecule is CCc1nc2cc(CS(=O)[O-])c(Cl)cc2n1-c1ccccc1. The minimum Gasteiger partial charge on any atom is -0.772 e. The Labute approximate surface area is 136 Å². The minimum atomic E-state index is -2.18. The predicted molar refractivity (Wildman–Crippen MR) is 88.1 cm³/mol. The summed E-state index contributed by atoms with van der Waals surface area (Å²) < 4.78 is 23.9. The summed E-state index contributed by atoms with van der Waals surface area (Å²) in [6, 6.07) is 13.5. The van der Waals surface area contributed by atoms with Crippen LogP contribution in [-0.4, -0.2) is 18.3 Å². The molecule has 4 nitrogen and oxygen atoms in total. The van der Waals surface area contributed by atoms with Gasteiger partial charge >= 0.3 is 0 Å². The summed E-state index contributed by atoms with van der Waals surface area (Å²) in [5.74, 6) is 0.812. The first-order valence-corrected chi connectivity index (χ1v) is 8.53. The van der Waals surface area contributed by atoms with Gasteiger partial charge in [0.2, 0.25) is 0 Å². The largest absolute Gasteiger partial charge is 0.772 e. The fourth-order valence-corrected chi connectivity index (χ4v) is 3.33. The van der Waals surface area contributed by atoms with E-state index < -0.39 is 11.1 Å². The second kappa shape index (κ2) is 6.20. The fourth-order valence-electron chi connectivity index (χ4n) is 2.53. The van der Waals surface area contributed by atoms with E-state index in [1.54, 1.807) is 12.1 Å². The van der Waals surface area contributed by atoms with Crippen LogP contribution in [0.4, 0.5) is 0 Å². The molecule has 0 radical (unpaired) electrons. The lowest BCUT2D eigenvalue weighted by molar-refractivity contribution is 0.536. The number of fused-ring (bicyclic) bond motifs is 1. The van der Waals surface area contributed by atoms with Crippen LogP contribution in [0.2, 0.25) is 5.02 Å². The van der Waals surface area contributed by atoms with Gasteiger partial charge in [0.1, 0.15) is 5.82 Å². The molecule has 0 aliphatic carbocycles. The molecule has 1 heterocycles. The van der Waals surface area contributed by atoms with Crippen molar-refractivity contribution in [3.8, 4) is 5.69 Å². The highest BCUT2D eigenvalue weighted by Crippen LogP contribution is 2.28. The molecule has 6 heteroatoms. The maximum atomic E-state index is 10.9. The zero-order chi connectivity index (χ0) is 15.7. The number of hydrogen-bond donors (Lipinski definition) is 0. The highest BCUT2D eigenvalue weighted by atomic mass is 35.5. The molecule has 0 aliphatic heterocycles. The number of benzene rings is 2. The molecule has 1 aromatic heterocycles. The van der Waals surface area contributed by atoms with Crippen LogP contribution in [-0.2, 0) is 23.3 Å². The van der Waals surface area contributed by atoms with E-state index in [0.717, 1.165) is 29.0 Å². The third-order valence-electron chi connectivity index (χ3n) is 3.50. The van der Waals surface area contributed by atoms with Gasteiger partial charge in [-0.3, -0.25) is 8.78 Å². The van der Waals surface area contributed by atoms with Crippen LogP contribution in [0.1, 0.15) is 18.3 Å². The summed E-state index contributed by atoms with van der Waals surface area (Å²) in [6.07, 6.45) is 0.768. The summed E-state index contributed by atoms with van der Waals surface area (Å²) in [5, 5.41) is 0.441. The molecule has 1 atom stereocenters. The number of aryl methyl sites for hydroxylation is 1. The quantitative estimate of drug-likeness (QED) is 0.685. The first-order valence-electron chi connectivity index (χ1n) is 6.91. The van der Waals surface area contributed by atoms with Crippen molar-refractivity contribution in [2.45, 2.75) is 19.1 Å². The molecular formula is C16H14ClN2O2S-. The number of rotatable bonds is 4. The van der Waals surface area contributed by atoms with Crippen LogP contribution in [0.5, 0.6) is 0 Å². The number of hydrogen-bond acceptors (Lipinski definition) is 3. The molecule has 0 fully saturated rings. The molecule has 2 aromatic carbocycles. The molecule has 1 unspecified atom stereocenters. The van der Waals surface area contributed by atoms with Crippen molar-refractivity contribution in [3.63, 3.8) is 0 Å². The molecule has 0 bridgehead atoms. The first kappa shape index (κ1) is 15.2. The standard InChI is InChI=1S/C16H15ClN2O2S/c1-2-16-18-14-8-11(10-22(20)21)13(17)9-15(14)19(16)12-6-4-3-5-7-12/h3-9H,2,10H2,1H3,(H,20,21)/p-1. The summed E-state index contributed by atoms with van der Waals surface area (Å²) in [7, 11) is 0. The van der Waals surface area contributed by atoms with E-state index in [2.05, 4.69) is 9.55 Å². The van der Waals surface area contributed by atoms with Crippen LogP contribution in [0.15, 0.2) is 42.5 Å². The van der Waals surface area contributed by atoms with Crippen molar-refractivity contribution >= 4 is 33.7 Å². The van der Waals surface area contributed by atoms with Crippen LogP contribution < -0.4 is 0 Å². The van der Waals surface area contributed by atoms with E-state index in [9.17, 15) is 8.76 Å². The van der Waals surface area contributed by atoms with Crippen LogP contribution in [0, 0.1) is 0 Å². The Morgan fingerprint density at radius 1 is 1.27 bits per heavy atom. The van der Waals surface area contributed by atoms with Crippen molar-refractivity contribution in [2.24, 2.45) is 0 Å². The minimum absolute atomic E-state index is 0.103. The summed E-state index contributed by atoms with van der Waals surface area (Å²) >= 11 is 4.07. The second-order valence-electron chi connectivity index (χ2n) is 4.93. The lowest BCUT2D eigenvalue weighted by Crippen LogP contribution is -2.00. The molecule has 0 aliphatic rings. The number of nitrogens with zero attached hydrogens (tertiary/aromatic N) is 2. The van der Waals surface area contributed by atoms with Gasteiger partial charge in [-0.1, -0.05) is 47.8 Å². The Morgan fingerprint density at radius 3 is 2.64 bits per heavy atom. The highest BCUT2D eigenvalue weighted by molar-refractivity contribution is 7.78. The molecule has 114 valence electrons. The van der Waals surface area contributed by atoms with Gasteiger partial charge in [-0.15, -0.1) is 0 Å². The van der Waals surface area contributed by atoms with Gasteiger partial charge in [0, 0.05) is 22.9 Å². The Hall–Kier alpha value is -1.69. The third-order valence-corrected chi connectivity index (χ3v) is 4.39. The monoisotopic (exact) mass is 333 g/mol. The smallest absolute Gasteiger partial charge is 0.114 e. The lowest BCUT2D eigenvalue weighted by Gasteiger charge is -2.10. The topological polar surface area (TPSA) is 57.9 Å². The maximum Gasteiger partial charge on any atom is 0.114 e. The Balaban J connectivity index is 2.24. The molecule has 22 heavy (non-hydrogen) atoms. The zero-order valence-corrected chi connectivity index (χ0v) is 13.5. The molecule has 0 amide bonds. The number of imidazole rings is 1. The van der Waals surface area contributed by atoms with Gasteiger partial charge in [-0.2, -0.15) is 0 Å². The van der Waals surface area contributed by atoms with Gasteiger partial charge in [-0.05, 0) is 29.8 Å². The number of halogens is 1. The van der Waals surface area contributed by atoms with E-state index in [0.29, 0.717) is 10.6 Å². The average Bonchev–Trinajstić information content (AvgIpc) is 2.85. The average molecular weight is 334 g/mol. The van der Waals surface area contributed by atoms with Gasteiger partial charge in [0.15, 0.2) is 0 Å². The predicted octanol–water partition coefficient (Wildman–Crippen LogP) is 3.62. The second-order valence-corrected chi connectivity index (χ2v) is 6.24. The molecule has 0 spiro atoms. The third kappa shape index (κ3) is 2.79. The van der Waals surface area contributed by atoms with Gasteiger partial charge < -0.3 is 4.55 Å². The maximum absolute atomic E-state index is 10.9. The number of aromatic nitrogens is 2. The first-order chi connectivity index (χ1) is 10.6. The molecular weight excluding hydrogens is 320 g/mol. The Kier molecular flexibility index (Phi) is 4.29. The fraction of sp³-hybridized carbons (Fsp3) is 0.188. The summed E-state index contributed by atoms with van der Waals surface area (Å²) in [6.45, 7) is 2.04. The van der Waals surface area contributed by atoms with Crippen LogP contribution in [0.25, 0.3) is 16.7 Å². The molecule has 3 rings (SSSR count). The molecule has 0 saturated heterocycles. The van der Waals surface area contributed by atoms with Gasteiger partial charge in [-0.25, -0.2) is 4.98 Å². The van der Waals surface area contributed by atoms with E-state index >= 15 is 0 Å². The lowest BCUT2D eigenvalue weighted by atomic mass is 10.2. The van der Waals surface area contributed by atoms with Crippen LogP contribution in [0.3, 0.4) is 0 Å². The summed E-state index contributed by atoms with van der Waals surface area (Å²) in [5.41, 5.74) is 3.22. The molecule has 0 N–H and O–H groups in total. The molecule has 3 aromatic rings. The van der Waals surface area contributed by atoms with Gasteiger partial charge in [0.25, 0.3) is 0 Å². The normalized spacial score (nSPS) is 12.7. The van der Waals surface area contributed by atoms with Crippen molar-refractivity contribution in [2.75, 3.05) is 0 Å². The van der Waals surface area contributed by atoms with Crippen molar-refractivity contribution < 1.29 is 8.76 Å². The Morgan fingerprint density at radius 2 is 2.00 bits per heavy atom. The molecule has 0 saturated carbocycles.